The minimum Gasteiger partial charge on any atom is -0.453 e. The first-order valence-electron chi connectivity index (χ1n) is 10.2. The molecule has 2 aliphatic rings. The van der Waals surface area contributed by atoms with Crippen molar-refractivity contribution < 1.29 is 14.3 Å². The number of hydrogen-bond acceptors (Lipinski definition) is 7. The van der Waals surface area contributed by atoms with Gasteiger partial charge in [-0.25, -0.2) is 4.79 Å². The van der Waals surface area contributed by atoms with Gasteiger partial charge in [0.15, 0.2) is 12.0 Å². The highest BCUT2D eigenvalue weighted by Gasteiger charge is 2.41. The van der Waals surface area contributed by atoms with Crippen molar-refractivity contribution in [2.24, 2.45) is 0 Å². The van der Waals surface area contributed by atoms with Crippen molar-refractivity contribution in [2.45, 2.75) is 37.6 Å². The van der Waals surface area contributed by atoms with Crippen LogP contribution in [0, 0.1) is 11.3 Å². The quantitative estimate of drug-likeness (QED) is 0.760. The van der Waals surface area contributed by atoms with E-state index in [4.69, 9.17) is 15.2 Å². The second-order valence-corrected chi connectivity index (χ2v) is 7.79. The molecule has 2 aliphatic heterocycles. The van der Waals surface area contributed by atoms with E-state index in [1.54, 1.807) is 4.90 Å². The lowest BCUT2D eigenvalue weighted by molar-refractivity contribution is 0.0245. The molecule has 1 saturated heterocycles. The first-order valence-corrected chi connectivity index (χ1v) is 10.2. The fourth-order valence-corrected chi connectivity index (χ4v) is 4.28. The fourth-order valence-electron chi connectivity index (χ4n) is 4.28. The third-order valence-electron chi connectivity index (χ3n) is 5.98. The fraction of sp³-hybridized carbons (Fsp3) is 0.409. The van der Waals surface area contributed by atoms with E-state index in [0.29, 0.717) is 38.4 Å². The number of hydrogen-bond donors (Lipinski definition) is 2. The van der Waals surface area contributed by atoms with Crippen molar-refractivity contribution >= 4 is 18.0 Å². The van der Waals surface area contributed by atoms with Crippen LogP contribution in [-0.4, -0.2) is 41.0 Å². The van der Waals surface area contributed by atoms with Gasteiger partial charge in [0.2, 0.25) is 0 Å². The Morgan fingerprint density at radius 3 is 2.77 bits per heavy atom. The molecule has 2 aromatic rings. The van der Waals surface area contributed by atoms with E-state index in [1.807, 2.05) is 47.3 Å². The van der Waals surface area contributed by atoms with Crippen LogP contribution in [0.5, 0.6) is 0 Å². The molecule has 0 radical (unpaired) electrons. The molecular weight excluding hydrogens is 396 g/mol. The predicted molar refractivity (Wildman–Crippen MR) is 114 cm³/mol. The highest BCUT2D eigenvalue weighted by molar-refractivity contribution is 5.67. The van der Waals surface area contributed by atoms with Crippen molar-refractivity contribution in [3.05, 3.63) is 53.4 Å². The molecule has 1 aromatic carbocycles. The van der Waals surface area contributed by atoms with Crippen LogP contribution in [-0.2, 0) is 21.6 Å². The van der Waals surface area contributed by atoms with Crippen LogP contribution in [0.3, 0.4) is 0 Å². The average molecular weight is 422 g/mol. The van der Waals surface area contributed by atoms with E-state index in [1.165, 1.54) is 7.11 Å². The molecule has 1 atom stereocenters. The van der Waals surface area contributed by atoms with Gasteiger partial charge >= 0.3 is 6.09 Å². The number of likely N-dealkylation sites (tertiary alicyclic amines) is 1. The standard InChI is InChI=1S/C22H26N6O3/c1-30-21(29)27-13-9-22(8-11-23,10-14-27)28-17-7-12-25-20(18(17)19(24)26-28)31-15-16-5-3-2-4-6-16/h2-7,12,20,25H,8-10,13-15H2,1H3,(H2,24,26). The molecule has 0 bridgehead atoms. The zero-order valence-corrected chi connectivity index (χ0v) is 17.5. The molecule has 9 heteroatoms. The number of ether oxygens (including phenoxy) is 2. The Labute approximate surface area is 181 Å². The van der Waals surface area contributed by atoms with E-state index in [-0.39, 0.29) is 12.5 Å². The van der Waals surface area contributed by atoms with Gasteiger partial charge in [-0.3, -0.25) is 4.68 Å². The minimum absolute atomic E-state index is 0.270. The number of nitriles is 1. The molecule has 0 spiro atoms. The molecule has 3 N–H and O–H groups in total. The van der Waals surface area contributed by atoms with Crippen molar-refractivity contribution in [3.63, 3.8) is 0 Å². The number of nitrogens with two attached hydrogens (primary N) is 1. The number of anilines is 1. The van der Waals surface area contributed by atoms with Crippen molar-refractivity contribution in [1.29, 1.82) is 5.26 Å². The van der Waals surface area contributed by atoms with Gasteiger partial charge in [-0.15, -0.1) is 0 Å². The lowest BCUT2D eigenvalue weighted by atomic mass is 9.84. The monoisotopic (exact) mass is 422 g/mol. The van der Waals surface area contributed by atoms with Crippen molar-refractivity contribution in [3.8, 4) is 6.07 Å². The van der Waals surface area contributed by atoms with Crippen LogP contribution in [0.25, 0.3) is 6.08 Å². The first-order chi connectivity index (χ1) is 15.1. The van der Waals surface area contributed by atoms with Crippen LogP contribution in [0.15, 0.2) is 36.5 Å². The normalized spacial score (nSPS) is 19.2. The maximum Gasteiger partial charge on any atom is 0.409 e. The zero-order valence-electron chi connectivity index (χ0n) is 17.5. The molecule has 1 fully saturated rings. The summed E-state index contributed by atoms with van der Waals surface area (Å²) in [7, 11) is 1.37. The molecule has 162 valence electrons. The van der Waals surface area contributed by atoms with Gasteiger partial charge in [0.25, 0.3) is 0 Å². The summed E-state index contributed by atoms with van der Waals surface area (Å²) in [6.45, 7) is 1.39. The lowest BCUT2D eigenvalue weighted by Gasteiger charge is -2.41. The zero-order chi connectivity index (χ0) is 21.8. The molecule has 3 heterocycles. The van der Waals surface area contributed by atoms with Crippen LogP contribution >= 0.6 is 0 Å². The summed E-state index contributed by atoms with van der Waals surface area (Å²) < 4.78 is 12.8. The first kappa shape index (κ1) is 20.8. The summed E-state index contributed by atoms with van der Waals surface area (Å²) in [6.07, 6.45) is 4.37. The third-order valence-corrected chi connectivity index (χ3v) is 5.98. The number of aromatic nitrogens is 2. The highest BCUT2D eigenvalue weighted by Crippen LogP contribution is 2.39. The molecular formula is C22H26N6O3. The molecule has 1 amide bonds. The second-order valence-electron chi connectivity index (χ2n) is 7.79. The highest BCUT2D eigenvalue weighted by atomic mass is 16.5. The van der Waals surface area contributed by atoms with E-state index in [2.05, 4.69) is 16.5 Å². The topological polar surface area (TPSA) is 118 Å². The average Bonchev–Trinajstić information content (AvgIpc) is 3.16. The van der Waals surface area contributed by atoms with Crippen molar-refractivity contribution in [1.82, 2.24) is 20.0 Å². The number of fused-ring (bicyclic) bond motifs is 1. The number of rotatable bonds is 5. The van der Waals surface area contributed by atoms with Gasteiger partial charge < -0.3 is 25.4 Å². The van der Waals surface area contributed by atoms with Crippen LogP contribution in [0.4, 0.5) is 10.6 Å². The number of benzene rings is 1. The van der Waals surface area contributed by atoms with Crippen LogP contribution in [0.1, 0.15) is 42.3 Å². The predicted octanol–water partition coefficient (Wildman–Crippen LogP) is 2.73. The van der Waals surface area contributed by atoms with E-state index in [9.17, 15) is 10.1 Å². The number of nitrogens with zero attached hydrogens (tertiary/aromatic N) is 4. The maximum atomic E-state index is 11.9. The number of piperidine rings is 1. The molecule has 1 aromatic heterocycles. The summed E-state index contributed by atoms with van der Waals surface area (Å²) in [5.74, 6) is 0.373. The SMILES string of the molecule is COC(=O)N1CCC(CC#N)(n2nc(N)c3c2C=CNC3OCc2ccccc2)CC1. The smallest absolute Gasteiger partial charge is 0.409 e. The molecule has 0 aliphatic carbocycles. The Kier molecular flexibility index (Phi) is 5.82. The third kappa shape index (κ3) is 3.94. The van der Waals surface area contributed by atoms with Crippen LogP contribution in [0.2, 0.25) is 0 Å². The van der Waals surface area contributed by atoms with E-state index >= 15 is 0 Å². The second kappa shape index (κ2) is 8.70. The Morgan fingerprint density at radius 1 is 1.35 bits per heavy atom. The van der Waals surface area contributed by atoms with Gasteiger partial charge in [-0.05, 0) is 24.5 Å². The minimum atomic E-state index is -0.549. The van der Waals surface area contributed by atoms with E-state index in [0.717, 1.165) is 16.8 Å². The molecule has 0 saturated carbocycles. The lowest BCUT2D eigenvalue weighted by Crippen LogP contribution is -2.48. The number of methoxy groups -OCH3 is 1. The van der Waals surface area contributed by atoms with Gasteiger partial charge in [-0.2, -0.15) is 10.4 Å². The molecule has 31 heavy (non-hydrogen) atoms. The Morgan fingerprint density at radius 2 is 2.10 bits per heavy atom. The number of amides is 1. The Bertz CT molecular complexity index is 1000. The van der Waals surface area contributed by atoms with Gasteiger partial charge in [0.05, 0.1) is 43.0 Å². The number of carbonyl (C=O) groups is 1. The number of nitrogens with one attached hydrogen (secondary N) is 1. The summed E-state index contributed by atoms with van der Waals surface area (Å²) in [5, 5.41) is 17.4. The van der Waals surface area contributed by atoms with Gasteiger partial charge in [0, 0.05) is 19.3 Å². The Hall–Kier alpha value is -3.51. The van der Waals surface area contributed by atoms with Crippen LogP contribution < -0.4 is 11.1 Å². The Balaban J connectivity index is 1.60. The number of carbonyl (C=O) groups excluding carboxylic acids is 1. The molecule has 4 rings (SSSR count). The summed E-state index contributed by atoms with van der Waals surface area (Å²) in [5.41, 5.74) is 8.44. The summed E-state index contributed by atoms with van der Waals surface area (Å²) >= 11 is 0. The van der Waals surface area contributed by atoms with Crippen molar-refractivity contribution in [2.75, 3.05) is 25.9 Å². The number of nitrogen functional groups attached to an aromatic ring is 1. The van der Waals surface area contributed by atoms with E-state index < -0.39 is 11.8 Å². The maximum absolute atomic E-state index is 11.9. The van der Waals surface area contributed by atoms with Gasteiger partial charge in [0.1, 0.15) is 0 Å². The largest absolute Gasteiger partial charge is 0.453 e. The summed E-state index contributed by atoms with van der Waals surface area (Å²) in [6, 6.07) is 12.2. The molecule has 9 nitrogen and oxygen atoms in total. The molecule has 1 unspecified atom stereocenters. The van der Waals surface area contributed by atoms with Gasteiger partial charge in [-0.1, -0.05) is 30.3 Å². The summed E-state index contributed by atoms with van der Waals surface area (Å²) in [4.78, 5) is 13.6.